The summed E-state index contributed by atoms with van der Waals surface area (Å²) in [6.07, 6.45) is 5.96. The SMILES string of the molecule is CN=C(NCCCn1cc(C)cn1)NCCCn1c(C)nc2ccccc21.I. The molecule has 2 aromatic heterocycles. The Balaban J connectivity index is 0.00000280. The van der Waals surface area contributed by atoms with Crippen molar-refractivity contribution in [2.24, 2.45) is 4.99 Å². The molecule has 2 N–H and O–H groups in total. The van der Waals surface area contributed by atoms with Gasteiger partial charge in [-0.05, 0) is 44.4 Å². The Morgan fingerprint density at radius 1 is 1.07 bits per heavy atom. The predicted octanol–water partition coefficient (Wildman–Crippen LogP) is 3.11. The summed E-state index contributed by atoms with van der Waals surface area (Å²) < 4.78 is 4.25. The summed E-state index contributed by atoms with van der Waals surface area (Å²) in [7, 11) is 1.81. The number of aryl methyl sites for hydroxylation is 4. The number of rotatable bonds is 8. The number of hydrogen-bond donors (Lipinski definition) is 2. The van der Waals surface area contributed by atoms with E-state index in [-0.39, 0.29) is 24.0 Å². The van der Waals surface area contributed by atoms with Crippen LogP contribution in [0.2, 0.25) is 0 Å². The lowest BCUT2D eigenvalue weighted by Crippen LogP contribution is -2.38. The maximum atomic E-state index is 4.62. The molecule has 28 heavy (non-hydrogen) atoms. The van der Waals surface area contributed by atoms with Crippen LogP contribution in [0, 0.1) is 13.8 Å². The highest BCUT2D eigenvalue weighted by atomic mass is 127. The number of guanidine groups is 1. The zero-order chi connectivity index (χ0) is 19.1. The molecule has 0 aliphatic rings. The van der Waals surface area contributed by atoms with Gasteiger partial charge in [0.15, 0.2) is 5.96 Å². The van der Waals surface area contributed by atoms with E-state index in [4.69, 9.17) is 0 Å². The van der Waals surface area contributed by atoms with E-state index in [0.29, 0.717) is 0 Å². The summed E-state index contributed by atoms with van der Waals surface area (Å²) in [5.74, 6) is 1.91. The first-order chi connectivity index (χ1) is 13.2. The Morgan fingerprint density at radius 2 is 1.79 bits per heavy atom. The van der Waals surface area contributed by atoms with Gasteiger partial charge in [0.05, 0.1) is 17.2 Å². The molecule has 0 aliphatic carbocycles. The third-order valence-corrected chi connectivity index (χ3v) is 4.54. The molecule has 0 saturated heterocycles. The van der Waals surface area contributed by atoms with Crippen molar-refractivity contribution in [1.29, 1.82) is 0 Å². The Morgan fingerprint density at radius 3 is 2.46 bits per heavy atom. The van der Waals surface area contributed by atoms with Gasteiger partial charge in [-0.2, -0.15) is 5.10 Å². The summed E-state index contributed by atoms with van der Waals surface area (Å²) in [6, 6.07) is 8.29. The number of aliphatic imine (C=N–C) groups is 1. The van der Waals surface area contributed by atoms with Crippen molar-refractivity contribution in [3.05, 3.63) is 48.0 Å². The topological polar surface area (TPSA) is 72.1 Å². The third-order valence-electron chi connectivity index (χ3n) is 4.54. The van der Waals surface area contributed by atoms with E-state index in [1.165, 1.54) is 11.1 Å². The second-order valence-electron chi connectivity index (χ2n) is 6.71. The molecule has 152 valence electrons. The number of fused-ring (bicyclic) bond motifs is 1. The molecule has 7 nitrogen and oxygen atoms in total. The van der Waals surface area contributed by atoms with E-state index in [1.54, 1.807) is 7.05 Å². The number of nitrogens with one attached hydrogen (secondary N) is 2. The zero-order valence-corrected chi connectivity index (χ0v) is 19.2. The molecule has 3 aromatic rings. The van der Waals surface area contributed by atoms with E-state index in [0.717, 1.165) is 56.3 Å². The average molecular weight is 495 g/mol. The number of hydrogen-bond acceptors (Lipinski definition) is 3. The van der Waals surface area contributed by atoms with Crippen molar-refractivity contribution < 1.29 is 0 Å². The van der Waals surface area contributed by atoms with Gasteiger partial charge in [-0.15, -0.1) is 24.0 Å². The molecule has 0 bridgehead atoms. The van der Waals surface area contributed by atoms with Crippen LogP contribution in [-0.2, 0) is 13.1 Å². The maximum Gasteiger partial charge on any atom is 0.190 e. The lowest BCUT2D eigenvalue weighted by molar-refractivity contribution is 0.568. The molecule has 0 radical (unpaired) electrons. The van der Waals surface area contributed by atoms with Gasteiger partial charge in [0.25, 0.3) is 0 Å². The van der Waals surface area contributed by atoms with Gasteiger partial charge in [0.2, 0.25) is 0 Å². The van der Waals surface area contributed by atoms with Gasteiger partial charge in [0.1, 0.15) is 5.82 Å². The van der Waals surface area contributed by atoms with Crippen LogP contribution in [0.3, 0.4) is 0 Å². The number of imidazole rings is 1. The van der Waals surface area contributed by atoms with Crippen LogP contribution in [0.5, 0.6) is 0 Å². The Labute approximate surface area is 183 Å². The van der Waals surface area contributed by atoms with Crippen LogP contribution in [0.4, 0.5) is 0 Å². The predicted molar refractivity (Wildman–Crippen MR) is 125 cm³/mol. The number of nitrogens with zero attached hydrogens (tertiary/aromatic N) is 5. The fourth-order valence-corrected chi connectivity index (χ4v) is 3.18. The largest absolute Gasteiger partial charge is 0.356 e. The smallest absolute Gasteiger partial charge is 0.190 e. The molecule has 2 heterocycles. The molecular formula is C20H30IN7. The van der Waals surface area contributed by atoms with E-state index >= 15 is 0 Å². The summed E-state index contributed by atoms with van der Waals surface area (Å²) in [4.78, 5) is 8.91. The van der Waals surface area contributed by atoms with Crippen molar-refractivity contribution in [2.45, 2.75) is 39.8 Å². The second-order valence-corrected chi connectivity index (χ2v) is 6.71. The molecule has 0 fully saturated rings. The highest BCUT2D eigenvalue weighted by molar-refractivity contribution is 14.0. The molecule has 0 spiro atoms. The van der Waals surface area contributed by atoms with Gasteiger partial charge in [-0.3, -0.25) is 9.67 Å². The van der Waals surface area contributed by atoms with Crippen LogP contribution in [0.25, 0.3) is 11.0 Å². The molecule has 0 aliphatic heterocycles. The lowest BCUT2D eigenvalue weighted by Gasteiger charge is -2.12. The molecule has 0 atom stereocenters. The van der Waals surface area contributed by atoms with Crippen LogP contribution < -0.4 is 10.6 Å². The highest BCUT2D eigenvalue weighted by Gasteiger charge is 2.06. The number of para-hydroxylation sites is 2. The lowest BCUT2D eigenvalue weighted by atomic mass is 10.3. The van der Waals surface area contributed by atoms with Gasteiger partial charge >= 0.3 is 0 Å². The average Bonchev–Trinajstić information content (AvgIpc) is 3.22. The molecule has 0 saturated carbocycles. The van der Waals surface area contributed by atoms with E-state index < -0.39 is 0 Å². The number of benzene rings is 1. The minimum absolute atomic E-state index is 0. The first-order valence-electron chi connectivity index (χ1n) is 9.53. The molecular weight excluding hydrogens is 465 g/mol. The Hall–Kier alpha value is -2.10. The minimum Gasteiger partial charge on any atom is -0.356 e. The van der Waals surface area contributed by atoms with E-state index in [9.17, 15) is 0 Å². The minimum atomic E-state index is 0. The van der Waals surface area contributed by atoms with Crippen LogP contribution in [0.15, 0.2) is 41.7 Å². The fraction of sp³-hybridized carbons (Fsp3) is 0.450. The first kappa shape index (κ1) is 22.2. The Kier molecular flexibility index (Phi) is 8.75. The molecule has 3 rings (SSSR count). The van der Waals surface area contributed by atoms with Crippen molar-refractivity contribution in [1.82, 2.24) is 30.0 Å². The normalized spacial score (nSPS) is 11.5. The zero-order valence-electron chi connectivity index (χ0n) is 16.9. The van der Waals surface area contributed by atoms with Crippen LogP contribution in [0.1, 0.15) is 24.2 Å². The molecule has 1 aromatic carbocycles. The quantitative estimate of drug-likeness (QED) is 0.218. The first-order valence-corrected chi connectivity index (χ1v) is 9.53. The van der Waals surface area contributed by atoms with Crippen LogP contribution in [-0.4, -0.2) is 45.4 Å². The van der Waals surface area contributed by atoms with Crippen molar-refractivity contribution in [2.75, 3.05) is 20.1 Å². The monoisotopic (exact) mass is 495 g/mol. The van der Waals surface area contributed by atoms with E-state index in [1.807, 2.05) is 16.9 Å². The third kappa shape index (κ3) is 5.95. The maximum absolute atomic E-state index is 4.62. The summed E-state index contributed by atoms with van der Waals surface area (Å²) in [5, 5.41) is 11.0. The Bertz CT molecular complexity index is 897. The standard InChI is InChI=1S/C20H29N7.HI/c1-16-14-24-26(15-16)12-6-10-22-20(21-3)23-11-7-13-27-17(2)25-18-8-4-5-9-19(18)27;/h4-5,8-9,14-15H,6-7,10-13H2,1-3H3,(H2,21,22,23);1H. The van der Waals surface area contributed by atoms with Crippen molar-refractivity contribution in [3.8, 4) is 0 Å². The fourth-order valence-electron chi connectivity index (χ4n) is 3.18. The molecule has 0 amide bonds. The number of aromatic nitrogens is 4. The summed E-state index contributed by atoms with van der Waals surface area (Å²) >= 11 is 0. The summed E-state index contributed by atoms with van der Waals surface area (Å²) in [5.41, 5.74) is 3.46. The van der Waals surface area contributed by atoms with Crippen molar-refractivity contribution in [3.63, 3.8) is 0 Å². The van der Waals surface area contributed by atoms with E-state index in [2.05, 4.69) is 68.5 Å². The van der Waals surface area contributed by atoms with Crippen LogP contribution >= 0.6 is 24.0 Å². The second kappa shape index (κ2) is 11.0. The number of halogens is 1. The van der Waals surface area contributed by atoms with Gasteiger partial charge in [0, 0.05) is 39.4 Å². The molecule has 0 unspecified atom stereocenters. The highest BCUT2D eigenvalue weighted by Crippen LogP contribution is 2.15. The molecule has 8 heteroatoms. The summed E-state index contributed by atoms with van der Waals surface area (Å²) in [6.45, 7) is 7.70. The van der Waals surface area contributed by atoms with Gasteiger partial charge < -0.3 is 15.2 Å². The van der Waals surface area contributed by atoms with Gasteiger partial charge in [-0.1, -0.05) is 12.1 Å². The van der Waals surface area contributed by atoms with Gasteiger partial charge in [-0.25, -0.2) is 4.98 Å². The van der Waals surface area contributed by atoms with Crippen molar-refractivity contribution >= 4 is 41.0 Å².